The topological polar surface area (TPSA) is 102 Å². The van der Waals surface area contributed by atoms with Crippen LogP contribution in [0.3, 0.4) is 0 Å². The summed E-state index contributed by atoms with van der Waals surface area (Å²) in [6.07, 6.45) is 3.20. The maximum Gasteiger partial charge on any atom is 0.410 e. The van der Waals surface area contributed by atoms with Gasteiger partial charge in [-0.05, 0) is 49.4 Å². The van der Waals surface area contributed by atoms with Crippen LogP contribution in [-0.2, 0) is 17.8 Å². The lowest BCUT2D eigenvalue weighted by Crippen LogP contribution is -2.38. The van der Waals surface area contributed by atoms with E-state index in [1.54, 1.807) is 9.47 Å². The largest absolute Gasteiger partial charge is 0.477 e. The number of carboxylic acid groups (broad SMARTS) is 1. The van der Waals surface area contributed by atoms with Gasteiger partial charge >= 0.3 is 12.1 Å². The fraction of sp³-hybridized carbons (Fsp3) is 0.286. The Bertz CT molecular complexity index is 1640. The van der Waals surface area contributed by atoms with Gasteiger partial charge in [-0.2, -0.15) is 0 Å². The first-order valence-electron chi connectivity index (χ1n) is 12.4. The standard InChI is InChI=1S/C28H24FN3O5S/c1-15-18-12-23(38-22(18)9-10-31(15)28(36)37-14-16-5-3-2-4-6-16)24-21(29)11-19-25(33)20(27(34)35)13-32(17-7-8-17)26(19)30-24/h2-6,11-13,15,17H,7-10,14H2,1H3,(H,34,35). The third kappa shape index (κ3) is 4.24. The number of pyridine rings is 2. The number of hydrogen-bond acceptors (Lipinski definition) is 6. The van der Waals surface area contributed by atoms with Crippen LogP contribution in [0.2, 0.25) is 0 Å². The Morgan fingerprint density at radius 3 is 2.68 bits per heavy atom. The van der Waals surface area contributed by atoms with Crippen molar-refractivity contribution in [3.05, 3.63) is 86.3 Å². The molecule has 3 aromatic heterocycles. The molecule has 0 radical (unpaired) electrons. The number of aromatic nitrogens is 2. The molecule has 6 rings (SSSR count). The van der Waals surface area contributed by atoms with Gasteiger partial charge in [0.15, 0.2) is 5.82 Å². The van der Waals surface area contributed by atoms with Crippen molar-refractivity contribution in [3.63, 3.8) is 0 Å². The van der Waals surface area contributed by atoms with Crippen LogP contribution in [0.25, 0.3) is 21.6 Å². The van der Waals surface area contributed by atoms with Gasteiger partial charge in [0.25, 0.3) is 0 Å². The predicted molar refractivity (Wildman–Crippen MR) is 140 cm³/mol. The number of carbonyl (C=O) groups excluding carboxylic acids is 1. The second-order valence-electron chi connectivity index (χ2n) is 9.65. The number of aromatic carboxylic acids is 1. The summed E-state index contributed by atoms with van der Waals surface area (Å²) in [5, 5.41) is 9.42. The molecule has 4 aromatic rings. The highest BCUT2D eigenvalue weighted by Gasteiger charge is 2.32. The Labute approximate surface area is 220 Å². The molecule has 10 heteroatoms. The van der Waals surface area contributed by atoms with E-state index in [4.69, 9.17) is 4.74 Å². The SMILES string of the molecule is CC1c2cc(-c3nc4c(cc3F)c(=O)c(C(=O)O)cn4C3CC3)sc2CCN1C(=O)OCc1ccccc1. The van der Waals surface area contributed by atoms with E-state index in [0.29, 0.717) is 17.8 Å². The zero-order valence-corrected chi connectivity index (χ0v) is 21.3. The molecule has 4 heterocycles. The summed E-state index contributed by atoms with van der Waals surface area (Å²) in [4.78, 5) is 45.1. The normalized spacial score (nSPS) is 16.9. The Morgan fingerprint density at radius 1 is 1.21 bits per heavy atom. The molecule has 1 aliphatic carbocycles. The van der Waals surface area contributed by atoms with Crippen molar-refractivity contribution in [1.82, 2.24) is 14.5 Å². The Kier molecular flexibility index (Phi) is 5.98. The highest BCUT2D eigenvalue weighted by atomic mass is 32.1. The first kappa shape index (κ1) is 24.3. The van der Waals surface area contributed by atoms with E-state index >= 15 is 4.39 Å². The van der Waals surface area contributed by atoms with Crippen LogP contribution in [0.15, 0.2) is 53.5 Å². The van der Waals surface area contributed by atoms with Crippen molar-refractivity contribution in [2.24, 2.45) is 0 Å². The number of ether oxygens (including phenoxy) is 1. The van der Waals surface area contributed by atoms with Crippen molar-refractivity contribution in [3.8, 4) is 10.6 Å². The van der Waals surface area contributed by atoms with E-state index in [0.717, 1.165) is 34.9 Å². The van der Waals surface area contributed by atoms with E-state index in [9.17, 15) is 19.5 Å². The lowest BCUT2D eigenvalue weighted by Gasteiger charge is -2.32. The third-order valence-electron chi connectivity index (χ3n) is 7.14. The minimum absolute atomic E-state index is 0.0361. The van der Waals surface area contributed by atoms with E-state index in [1.807, 2.05) is 43.3 Å². The molecule has 194 valence electrons. The van der Waals surface area contributed by atoms with Gasteiger partial charge in [-0.3, -0.25) is 4.79 Å². The molecule has 1 fully saturated rings. The van der Waals surface area contributed by atoms with Crippen LogP contribution >= 0.6 is 11.3 Å². The number of hydrogen-bond donors (Lipinski definition) is 1. The number of amides is 1. The van der Waals surface area contributed by atoms with Crippen molar-refractivity contribution in [2.45, 2.75) is 44.9 Å². The number of benzene rings is 1. The summed E-state index contributed by atoms with van der Waals surface area (Å²) in [6.45, 7) is 2.58. The highest BCUT2D eigenvalue weighted by Crippen LogP contribution is 2.41. The van der Waals surface area contributed by atoms with Crippen molar-refractivity contribution < 1.29 is 23.8 Å². The van der Waals surface area contributed by atoms with Crippen LogP contribution in [0.5, 0.6) is 0 Å². The molecular formula is C28H24FN3O5S. The summed E-state index contributed by atoms with van der Waals surface area (Å²) in [5.74, 6) is -2.03. The van der Waals surface area contributed by atoms with E-state index in [-0.39, 0.29) is 35.4 Å². The van der Waals surface area contributed by atoms with Gasteiger partial charge < -0.3 is 19.3 Å². The smallest absolute Gasteiger partial charge is 0.410 e. The van der Waals surface area contributed by atoms with Gasteiger partial charge in [0.1, 0.15) is 23.5 Å². The fourth-order valence-corrected chi connectivity index (χ4v) is 6.18. The maximum absolute atomic E-state index is 15.4. The van der Waals surface area contributed by atoms with Crippen LogP contribution < -0.4 is 5.43 Å². The highest BCUT2D eigenvalue weighted by molar-refractivity contribution is 7.15. The summed E-state index contributed by atoms with van der Waals surface area (Å²) < 4.78 is 22.6. The predicted octanol–water partition coefficient (Wildman–Crippen LogP) is 5.55. The molecule has 0 saturated heterocycles. The maximum atomic E-state index is 15.4. The Hall–Kier alpha value is -4.05. The molecule has 1 unspecified atom stereocenters. The lowest BCUT2D eigenvalue weighted by atomic mass is 10.0. The van der Waals surface area contributed by atoms with Gasteiger partial charge in [0, 0.05) is 23.7 Å². The quantitative estimate of drug-likeness (QED) is 0.361. The van der Waals surface area contributed by atoms with Gasteiger partial charge in [0.2, 0.25) is 5.43 Å². The van der Waals surface area contributed by atoms with Gasteiger partial charge in [-0.25, -0.2) is 19.0 Å². The van der Waals surface area contributed by atoms with Crippen molar-refractivity contribution in [2.75, 3.05) is 6.54 Å². The molecule has 0 bridgehead atoms. The minimum atomic E-state index is -1.34. The number of carbonyl (C=O) groups is 2. The summed E-state index contributed by atoms with van der Waals surface area (Å²) >= 11 is 1.42. The van der Waals surface area contributed by atoms with Crippen molar-refractivity contribution >= 4 is 34.4 Å². The molecule has 1 atom stereocenters. The van der Waals surface area contributed by atoms with Gasteiger partial charge in [-0.1, -0.05) is 30.3 Å². The van der Waals surface area contributed by atoms with Crippen LogP contribution in [0, 0.1) is 5.82 Å². The number of halogens is 1. The molecule has 1 N–H and O–H groups in total. The summed E-state index contributed by atoms with van der Waals surface area (Å²) in [7, 11) is 0. The molecule has 8 nitrogen and oxygen atoms in total. The second-order valence-corrected chi connectivity index (χ2v) is 10.8. The van der Waals surface area contributed by atoms with Crippen LogP contribution in [0.1, 0.15) is 58.2 Å². The average Bonchev–Trinajstić information content (AvgIpc) is 3.66. The van der Waals surface area contributed by atoms with E-state index in [2.05, 4.69) is 4.98 Å². The zero-order chi connectivity index (χ0) is 26.6. The zero-order valence-electron chi connectivity index (χ0n) is 20.5. The number of rotatable bonds is 5. The Balaban J connectivity index is 1.32. The molecular weight excluding hydrogens is 509 g/mol. The number of carboxylic acids is 1. The molecule has 38 heavy (non-hydrogen) atoms. The number of fused-ring (bicyclic) bond motifs is 2. The number of nitrogens with zero attached hydrogens (tertiary/aromatic N) is 3. The molecule has 0 spiro atoms. The first-order valence-corrected chi connectivity index (χ1v) is 13.2. The molecule has 2 aliphatic rings. The average molecular weight is 534 g/mol. The van der Waals surface area contributed by atoms with Gasteiger partial charge in [0.05, 0.1) is 16.3 Å². The summed E-state index contributed by atoms with van der Waals surface area (Å²) in [6, 6.07) is 12.2. The lowest BCUT2D eigenvalue weighted by molar-refractivity contribution is 0.0694. The van der Waals surface area contributed by atoms with Gasteiger partial charge in [-0.15, -0.1) is 11.3 Å². The molecule has 1 amide bonds. The van der Waals surface area contributed by atoms with Crippen LogP contribution in [-0.4, -0.2) is 38.2 Å². The number of thiophene rings is 1. The van der Waals surface area contributed by atoms with E-state index in [1.165, 1.54) is 17.5 Å². The van der Waals surface area contributed by atoms with Crippen LogP contribution in [0.4, 0.5) is 9.18 Å². The van der Waals surface area contributed by atoms with E-state index < -0.39 is 28.9 Å². The summed E-state index contributed by atoms with van der Waals surface area (Å²) in [5.41, 5.74) is 1.07. The minimum Gasteiger partial charge on any atom is -0.477 e. The third-order valence-corrected chi connectivity index (χ3v) is 8.36. The molecule has 1 aromatic carbocycles. The monoisotopic (exact) mass is 533 g/mol. The first-order chi connectivity index (χ1) is 18.3. The van der Waals surface area contributed by atoms with Crippen molar-refractivity contribution in [1.29, 1.82) is 0 Å². The molecule has 1 aliphatic heterocycles. The second kappa shape index (κ2) is 9.36. The fourth-order valence-electron chi connectivity index (χ4n) is 4.95. The molecule has 1 saturated carbocycles. The Morgan fingerprint density at radius 2 is 1.97 bits per heavy atom.